The molecule has 0 radical (unpaired) electrons. The van der Waals surface area contributed by atoms with Crippen LogP contribution in [-0.2, 0) is 0 Å². The molecule has 17 heavy (non-hydrogen) atoms. The Bertz CT molecular complexity index is 564. The molecule has 8 heteroatoms. The molecule has 1 aromatic heterocycles. The zero-order chi connectivity index (χ0) is 12.7. The van der Waals surface area contributed by atoms with E-state index in [1.54, 1.807) is 0 Å². The number of aromatic amines is 1. The monoisotopic (exact) mass is 249 g/mol. The molecule has 0 atom stereocenters. The van der Waals surface area contributed by atoms with Crippen LogP contribution >= 0.6 is 0 Å². The number of benzene rings is 1. The summed E-state index contributed by atoms with van der Waals surface area (Å²) >= 11 is 0. The van der Waals surface area contributed by atoms with E-state index in [1.807, 2.05) is 0 Å². The quantitative estimate of drug-likeness (QED) is 0.463. The van der Waals surface area contributed by atoms with E-state index in [2.05, 4.69) is 10.2 Å². The molecule has 0 aliphatic carbocycles. The van der Waals surface area contributed by atoms with Gasteiger partial charge in [0.15, 0.2) is 23.3 Å². The predicted molar refractivity (Wildman–Crippen MR) is 48.2 cm³/mol. The highest BCUT2D eigenvalue weighted by molar-refractivity contribution is 5.74. The van der Waals surface area contributed by atoms with Gasteiger partial charge in [0.2, 0.25) is 5.82 Å². The van der Waals surface area contributed by atoms with Crippen LogP contribution in [0, 0.1) is 29.1 Å². The Morgan fingerprint density at radius 2 is 1.35 bits per heavy atom. The van der Waals surface area contributed by atoms with Crippen molar-refractivity contribution in [1.82, 2.24) is 10.2 Å². The highest BCUT2D eigenvalue weighted by Crippen LogP contribution is 2.33. The summed E-state index contributed by atoms with van der Waals surface area (Å²) in [6.07, 6.45) is 0.869. The highest BCUT2D eigenvalue weighted by Gasteiger charge is 2.27. The second kappa shape index (κ2) is 3.72. The van der Waals surface area contributed by atoms with Gasteiger partial charge in [-0.05, 0) is 0 Å². The molecule has 0 aliphatic heterocycles. The number of aromatic nitrogens is 2. The number of nitrogens with one attached hydrogen (secondary N) is 1. The number of hydrogen-bond donors (Lipinski definition) is 2. The molecule has 2 rings (SSSR count). The van der Waals surface area contributed by atoms with Crippen molar-refractivity contribution in [3.8, 4) is 11.1 Å². The first-order valence-electron chi connectivity index (χ1n) is 4.25. The fraction of sp³-hybridized carbons (Fsp3) is 0. The molecule has 0 unspecified atom stereocenters. The van der Waals surface area contributed by atoms with Crippen LogP contribution in [0.3, 0.4) is 0 Å². The van der Waals surface area contributed by atoms with Crippen molar-refractivity contribution in [3.05, 3.63) is 35.3 Å². The number of anilines is 1. The van der Waals surface area contributed by atoms with E-state index in [1.165, 1.54) is 0 Å². The maximum Gasteiger partial charge on any atom is 0.200 e. The second-order valence-corrected chi connectivity index (χ2v) is 3.14. The van der Waals surface area contributed by atoms with Crippen LogP contribution in [0.15, 0.2) is 6.20 Å². The lowest BCUT2D eigenvalue weighted by molar-refractivity contribution is 0.381. The molecule has 3 nitrogen and oxygen atoms in total. The second-order valence-electron chi connectivity index (χ2n) is 3.14. The lowest BCUT2D eigenvalue weighted by Crippen LogP contribution is -2.04. The average Bonchev–Trinajstić information content (AvgIpc) is 2.71. The minimum Gasteiger partial charge on any atom is -0.384 e. The third-order valence-corrected chi connectivity index (χ3v) is 2.15. The first kappa shape index (κ1) is 11.4. The molecule has 90 valence electrons. The Labute approximate surface area is 91.1 Å². The molecule has 0 fully saturated rings. The summed E-state index contributed by atoms with van der Waals surface area (Å²) in [4.78, 5) is 0. The molecular formula is C9H4F5N3. The van der Waals surface area contributed by atoms with Crippen molar-refractivity contribution in [2.75, 3.05) is 5.73 Å². The molecule has 0 saturated carbocycles. The Morgan fingerprint density at radius 1 is 0.882 bits per heavy atom. The summed E-state index contributed by atoms with van der Waals surface area (Å²) in [5.74, 6) is -10.5. The van der Waals surface area contributed by atoms with Gasteiger partial charge >= 0.3 is 0 Å². The number of nitrogen functional groups attached to an aromatic ring is 1. The van der Waals surface area contributed by atoms with E-state index in [9.17, 15) is 22.0 Å². The van der Waals surface area contributed by atoms with Gasteiger partial charge in [-0.2, -0.15) is 5.10 Å². The van der Waals surface area contributed by atoms with Crippen LogP contribution in [0.2, 0.25) is 0 Å². The van der Waals surface area contributed by atoms with Crippen molar-refractivity contribution in [2.24, 2.45) is 0 Å². The fourth-order valence-corrected chi connectivity index (χ4v) is 1.34. The smallest absolute Gasteiger partial charge is 0.200 e. The van der Waals surface area contributed by atoms with Crippen molar-refractivity contribution in [3.63, 3.8) is 0 Å². The predicted octanol–water partition coefficient (Wildman–Crippen LogP) is 2.35. The third-order valence-electron chi connectivity index (χ3n) is 2.15. The highest BCUT2D eigenvalue weighted by atomic mass is 19.2. The van der Waals surface area contributed by atoms with Gasteiger partial charge in [-0.15, -0.1) is 0 Å². The molecule has 1 heterocycles. The van der Waals surface area contributed by atoms with Crippen molar-refractivity contribution < 1.29 is 22.0 Å². The molecule has 1 aromatic carbocycles. The molecule has 3 N–H and O–H groups in total. The van der Waals surface area contributed by atoms with Crippen LogP contribution in [0.4, 0.5) is 27.8 Å². The van der Waals surface area contributed by atoms with Crippen molar-refractivity contribution >= 4 is 5.82 Å². The molecular weight excluding hydrogens is 245 g/mol. The van der Waals surface area contributed by atoms with Crippen LogP contribution in [-0.4, -0.2) is 10.2 Å². The van der Waals surface area contributed by atoms with E-state index in [-0.39, 0.29) is 5.82 Å². The number of H-pyrrole nitrogens is 1. The van der Waals surface area contributed by atoms with Crippen molar-refractivity contribution in [2.45, 2.75) is 0 Å². The van der Waals surface area contributed by atoms with E-state index in [0.717, 1.165) is 6.20 Å². The molecule has 0 aliphatic rings. The number of hydrogen-bond acceptors (Lipinski definition) is 2. The van der Waals surface area contributed by atoms with E-state index in [4.69, 9.17) is 5.73 Å². The molecule has 2 aromatic rings. The zero-order valence-electron chi connectivity index (χ0n) is 7.99. The van der Waals surface area contributed by atoms with Gasteiger partial charge in [-0.1, -0.05) is 0 Å². The lowest BCUT2D eigenvalue weighted by Gasteiger charge is -2.06. The van der Waals surface area contributed by atoms with Gasteiger partial charge < -0.3 is 5.73 Å². The molecule has 0 bridgehead atoms. The average molecular weight is 249 g/mol. The topological polar surface area (TPSA) is 54.7 Å². The fourth-order valence-electron chi connectivity index (χ4n) is 1.34. The number of rotatable bonds is 1. The number of nitrogens with two attached hydrogens (primary N) is 1. The summed E-state index contributed by atoms with van der Waals surface area (Å²) in [5, 5.41) is 5.47. The standard InChI is InChI=1S/C9H4F5N3/c10-4-3(2-1-16-17-9(2)15)5(11)7(13)8(14)6(4)12/h1H,(H3,15,16,17). The van der Waals surface area contributed by atoms with Crippen LogP contribution < -0.4 is 5.73 Å². The summed E-state index contributed by atoms with van der Waals surface area (Å²) in [5.41, 5.74) is 3.76. The third kappa shape index (κ3) is 1.52. The molecule has 0 saturated heterocycles. The van der Waals surface area contributed by atoms with E-state index < -0.39 is 40.2 Å². The van der Waals surface area contributed by atoms with Gasteiger partial charge in [-0.3, -0.25) is 5.10 Å². The maximum absolute atomic E-state index is 13.3. The Balaban J connectivity index is 2.84. The largest absolute Gasteiger partial charge is 0.384 e. The minimum absolute atomic E-state index is 0.298. The Hall–Kier alpha value is -2.12. The first-order chi connectivity index (χ1) is 7.95. The summed E-state index contributed by atoms with van der Waals surface area (Å²) in [7, 11) is 0. The zero-order valence-corrected chi connectivity index (χ0v) is 7.99. The Kier molecular flexibility index (Phi) is 2.49. The number of nitrogens with zero attached hydrogens (tertiary/aromatic N) is 1. The summed E-state index contributed by atoms with van der Waals surface area (Å²) in [6.45, 7) is 0. The van der Waals surface area contributed by atoms with Crippen molar-refractivity contribution in [1.29, 1.82) is 0 Å². The van der Waals surface area contributed by atoms with E-state index in [0.29, 0.717) is 0 Å². The number of halogens is 5. The molecule has 0 amide bonds. The van der Waals surface area contributed by atoms with Gasteiger partial charge in [0.25, 0.3) is 0 Å². The van der Waals surface area contributed by atoms with Crippen LogP contribution in [0.1, 0.15) is 0 Å². The van der Waals surface area contributed by atoms with Gasteiger partial charge in [0.1, 0.15) is 5.82 Å². The van der Waals surface area contributed by atoms with Crippen LogP contribution in [0.25, 0.3) is 11.1 Å². The summed E-state index contributed by atoms with van der Waals surface area (Å²) in [6, 6.07) is 0. The van der Waals surface area contributed by atoms with E-state index >= 15 is 0 Å². The summed E-state index contributed by atoms with van der Waals surface area (Å²) < 4.78 is 65.2. The SMILES string of the molecule is Nc1[nH]ncc1-c1c(F)c(F)c(F)c(F)c1F. The van der Waals surface area contributed by atoms with Gasteiger partial charge in [-0.25, -0.2) is 22.0 Å². The molecule has 0 spiro atoms. The normalized spacial score (nSPS) is 10.9. The van der Waals surface area contributed by atoms with Crippen LogP contribution in [0.5, 0.6) is 0 Å². The minimum atomic E-state index is -2.22. The first-order valence-corrected chi connectivity index (χ1v) is 4.25. The Morgan fingerprint density at radius 3 is 1.76 bits per heavy atom. The maximum atomic E-state index is 13.3. The van der Waals surface area contributed by atoms with Gasteiger partial charge in [0, 0.05) is 5.56 Å². The van der Waals surface area contributed by atoms with Gasteiger partial charge in [0.05, 0.1) is 11.8 Å². The lowest BCUT2D eigenvalue weighted by atomic mass is 10.1.